The molecule has 2 rings (SSSR count). The minimum atomic E-state index is -1.45. The van der Waals surface area contributed by atoms with Crippen molar-refractivity contribution in [3.63, 3.8) is 0 Å². The number of nitrogens with two attached hydrogens (primary N) is 1. The molecule has 0 aliphatic heterocycles. The Labute approximate surface area is 149 Å². The third-order valence-electron chi connectivity index (χ3n) is 5.53. The topological polar surface area (TPSA) is 63.3 Å². The van der Waals surface area contributed by atoms with Gasteiger partial charge in [0.2, 0.25) is 0 Å². The highest BCUT2D eigenvalue weighted by Gasteiger charge is 2.55. The van der Waals surface area contributed by atoms with Gasteiger partial charge in [-0.25, -0.2) is 0 Å². The average molecular weight is 322 g/mol. The Bertz CT molecular complexity index is 680. The first-order valence-corrected chi connectivity index (χ1v) is 8.45. The van der Waals surface area contributed by atoms with Gasteiger partial charge in [0.05, 0.1) is 21.2 Å². The van der Waals surface area contributed by atoms with Crippen molar-refractivity contribution in [3.8, 4) is 0 Å². The van der Waals surface area contributed by atoms with E-state index < -0.39 is 11.0 Å². The predicted molar refractivity (Wildman–Crippen MR) is 118 cm³/mol. The van der Waals surface area contributed by atoms with Crippen LogP contribution in [0.2, 0.25) is 10.2 Å². The SMILES string of the molecule is Bc1c(B)c(B)c(C2(N)CC(B)(B)CC(B)(O)C2=O)c(Cl)c1B. The van der Waals surface area contributed by atoms with Gasteiger partial charge in [0.15, 0.2) is 13.6 Å². The summed E-state index contributed by atoms with van der Waals surface area (Å²) >= 11 is 6.64. The number of aliphatic hydroxyl groups is 1. The van der Waals surface area contributed by atoms with Crippen molar-refractivity contribution in [1.82, 2.24) is 0 Å². The van der Waals surface area contributed by atoms with Crippen molar-refractivity contribution < 1.29 is 9.90 Å². The van der Waals surface area contributed by atoms with Gasteiger partial charge in [0.1, 0.15) is 36.9 Å². The van der Waals surface area contributed by atoms with Gasteiger partial charge in [0.25, 0.3) is 0 Å². The van der Waals surface area contributed by atoms with Gasteiger partial charge in [-0.05, 0) is 18.4 Å². The van der Waals surface area contributed by atoms with Crippen molar-refractivity contribution in [2.24, 2.45) is 5.73 Å². The highest BCUT2D eigenvalue weighted by Crippen LogP contribution is 2.47. The number of halogens is 1. The molecule has 3 nitrogen and oxygen atoms in total. The fraction of sp³-hybridized carbons (Fsp3) is 0.417. The molecule has 11 heteroatoms. The van der Waals surface area contributed by atoms with Crippen LogP contribution in [0.3, 0.4) is 0 Å². The van der Waals surface area contributed by atoms with Crippen LogP contribution in [-0.4, -0.2) is 71.3 Å². The van der Waals surface area contributed by atoms with Crippen molar-refractivity contribution in [2.45, 2.75) is 29.1 Å². The monoisotopic (exact) mass is 323 g/mol. The number of carbonyl (C=O) groups excluding carboxylic acids is 1. The molecule has 114 valence electrons. The van der Waals surface area contributed by atoms with E-state index in [9.17, 15) is 9.90 Å². The third-order valence-corrected chi connectivity index (χ3v) is 6.00. The summed E-state index contributed by atoms with van der Waals surface area (Å²) in [6.45, 7) is 0. The number of ketones is 1. The summed E-state index contributed by atoms with van der Waals surface area (Å²) in [6, 6.07) is 0. The molecule has 0 spiro atoms. The molecule has 0 heterocycles. The smallest absolute Gasteiger partial charge is 0.179 e. The van der Waals surface area contributed by atoms with Gasteiger partial charge in [0, 0.05) is 5.02 Å². The van der Waals surface area contributed by atoms with Gasteiger partial charge in [-0.15, -0.1) is 10.9 Å². The van der Waals surface area contributed by atoms with Crippen LogP contribution in [0.1, 0.15) is 18.4 Å². The van der Waals surface area contributed by atoms with E-state index >= 15 is 0 Å². The van der Waals surface area contributed by atoms with E-state index in [4.69, 9.17) is 17.3 Å². The molecule has 0 aromatic heterocycles. The Morgan fingerprint density at radius 2 is 1.43 bits per heavy atom. The second-order valence-electron chi connectivity index (χ2n) is 8.28. The van der Waals surface area contributed by atoms with Crippen LogP contribution >= 0.6 is 11.6 Å². The first-order chi connectivity index (χ1) is 10.2. The van der Waals surface area contributed by atoms with Crippen molar-refractivity contribution in [2.75, 3.05) is 0 Å². The van der Waals surface area contributed by atoms with E-state index in [1.54, 1.807) is 7.85 Å². The molecule has 0 saturated heterocycles. The number of hydrogen-bond acceptors (Lipinski definition) is 3. The van der Waals surface area contributed by atoms with Gasteiger partial charge < -0.3 is 10.8 Å². The van der Waals surface area contributed by atoms with E-state index in [0.717, 1.165) is 21.9 Å². The predicted octanol–water partition coefficient (Wildman–Crippen LogP) is -8.41. The zero-order chi connectivity index (χ0) is 18.0. The van der Waals surface area contributed by atoms with E-state index in [1.165, 1.54) is 0 Å². The van der Waals surface area contributed by atoms with Crippen molar-refractivity contribution >= 4 is 94.2 Å². The molecular weight excluding hydrogens is 301 g/mol. The van der Waals surface area contributed by atoms with Crippen LogP contribution in [-0.2, 0) is 10.3 Å². The summed E-state index contributed by atoms with van der Waals surface area (Å²) in [5, 5.41) is 11.0. The fourth-order valence-electron chi connectivity index (χ4n) is 4.39. The van der Waals surface area contributed by atoms with Gasteiger partial charge >= 0.3 is 0 Å². The zero-order valence-electron chi connectivity index (χ0n) is 15.2. The number of rotatable bonds is 1. The molecule has 0 amide bonds. The van der Waals surface area contributed by atoms with Gasteiger partial charge in [-0.3, -0.25) is 4.79 Å². The van der Waals surface area contributed by atoms with Gasteiger partial charge in [-0.1, -0.05) is 27.7 Å². The highest BCUT2D eigenvalue weighted by atomic mass is 35.5. The molecule has 3 N–H and O–H groups in total. The molecule has 1 fully saturated rings. The molecule has 0 bridgehead atoms. The minimum absolute atomic E-state index is 0.255. The van der Waals surface area contributed by atoms with Crippen LogP contribution in [0, 0.1) is 0 Å². The molecule has 23 heavy (non-hydrogen) atoms. The molecule has 1 aromatic rings. The number of Topliss-reactive ketones (excluding diaryl/α,β-unsaturated/α-hetero) is 1. The lowest BCUT2D eigenvalue weighted by Gasteiger charge is -2.49. The van der Waals surface area contributed by atoms with Gasteiger partial charge in [-0.2, -0.15) is 0 Å². The maximum absolute atomic E-state index is 13.0. The molecular formula is C12H21B7ClNO2. The van der Waals surface area contributed by atoms with Crippen LogP contribution in [0.5, 0.6) is 0 Å². The molecule has 2 unspecified atom stereocenters. The lowest BCUT2D eigenvalue weighted by molar-refractivity contribution is -0.140. The Kier molecular flexibility index (Phi) is 4.55. The standard InChI is InChI=1S/C12H21B7ClNO2/c13-4-3(8(20)7(16)6(15)5(4)14)11(21)1-10(17,18)2-12(19,23)9(11)22/h23H,1-2,13-19,21H2. The molecule has 1 aliphatic rings. The lowest BCUT2D eigenvalue weighted by atomic mass is 9.39. The Morgan fingerprint density at radius 1 is 0.957 bits per heavy atom. The Balaban J connectivity index is 2.81. The summed E-state index contributed by atoms with van der Waals surface area (Å²) in [6.07, 6.45) is 0.871. The van der Waals surface area contributed by atoms with E-state index in [0.29, 0.717) is 23.4 Å². The van der Waals surface area contributed by atoms with E-state index in [1.807, 2.05) is 47.1 Å². The van der Waals surface area contributed by atoms with Crippen molar-refractivity contribution in [3.05, 3.63) is 10.6 Å². The second-order valence-corrected chi connectivity index (χ2v) is 8.66. The molecule has 1 aromatic carbocycles. The molecule has 1 saturated carbocycles. The summed E-state index contributed by atoms with van der Waals surface area (Å²) in [4.78, 5) is 13.0. The summed E-state index contributed by atoms with van der Waals surface area (Å²) in [7, 11) is 13.6. The first kappa shape index (κ1) is 18.9. The largest absolute Gasteiger partial charge is 0.391 e. The number of benzene rings is 1. The second kappa shape index (κ2) is 5.54. The highest BCUT2D eigenvalue weighted by molar-refractivity contribution is 6.65. The quantitative estimate of drug-likeness (QED) is 0.505. The lowest BCUT2D eigenvalue weighted by Crippen LogP contribution is -2.66. The minimum Gasteiger partial charge on any atom is -0.391 e. The Hall–Kier alpha value is -0.445. The summed E-state index contributed by atoms with van der Waals surface area (Å²) < 4.78 is 0. The average Bonchev–Trinajstić information content (AvgIpc) is 2.39. The molecule has 2 atom stereocenters. The van der Waals surface area contributed by atoms with Crippen molar-refractivity contribution in [1.29, 1.82) is 0 Å². The van der Waals surface area contributed by atoms with E-state index in [2.05, 4.69) is 0 Å². The summed E-state index contributed by atoms with van der Waals surface area (Å²) in [5.74, 6) is -0.336. The fourth-order valence-corrected chi connectivity index (χ4v) is 4.84. The van der Waals surface area contributed by atoms with Crippen LogP contribution in [0.4, 0.5) is 0 Å². The molecule has 0 radical (unpaired) electrons. The Morgan fingerprint density at radius 3 is 1.96 bits per heavy atom. The number of carbonyl (C=O) groups is 1. The maximum atomic E-state index is 13.0. The zero-order valence-corrected chi connectivity index (χ0v) is 16.0. The maximum Gasteiger partial charge on any atom is 0.179 e. The molecule has 1 aliphatic carbocycles. The summed E-state index contributed by atoms with van der Waals surface area (Å²) in [5.41, 5.74) is 8.75. The third kappa shape index (κ3) is 2.87. The first-order valence-electron chi connectivity index (χ1n) is 8.07. The normalized spacial score (nSPS) is 30.3. The van der Waals surface area contributed by atoms with Crippen LogP contribution in [0.25, 0.3) is 0 Å². The van der Waals surface area contributed by atoms with E-state index in [-0.39, 0.29) is 11.0 Å². The van der Waals surface area contributed by atoms with Crippen LogP contribution in [0.15, 0.2) is 0 Å². The number of hydrogen-bond donors (Lipinski definition) is 2. The van der Waals surface area contributed by atoms with Crippen LogP contribution < -0.4 is 27.6 Å².